The number of carbonyl (C=O) groups excluding carboxylic acids is 1. The fraction of sp³-hybridized carbons (Fsp3) is 0.474. The molecule has 5 nitrogen and oxygen atoms in total. The van der Waals surface area contributed by atoms with Crippen LogP contribution < -0.4 is 10.1 Å². The molecule has 0 unspecified atom stereocenters. The van der Waals surface area contributed by atoms with E-state index in [1.807, 2.05) is 38.1 Å². The SMILES string of the molecule is Cc1noc(C)c1CSCC(=O)Nc1ccc(OC2CCCC2)cc1. The van der Waals surface area contributed by atoms with E-state index in [0.29, 0.717) is 11.9 Å². The van der Waals surface area contributed by atoms with E-state index in [1.165, 1.54) is 12.8 Å². The Morgan fingerprint density at radius 3 is 2.64 bits per heavy atom. The van der Waals surface area contributed by atoms with Gasteiger partial charge in [-0.3, -0.25) is 4.79 Å². The fourth-order valence-corrected chi connectivity index (χ4v) is 3.94. The van der Waals surface area contributed by atoms with Crippen molar-refractivity contribution in [1.29, 1.82) is 0 Å². The van der Waals surface area contributed by atoms with Crippen molar-refractivity contribution >= 4 is 23.4 Å². The molecule has 6 heteroatoms. The average Bonchev–Trinajstić information content (AvgIpc) is 3.21. The van der Waals surface area contributed by atoms with Crippen LogP contribution in [0.2, 0.25) is 0 Å². The predicted molar refractivity (Wildman–Crippen MR) is 100 cm³/mol. The summed E-state index contributed by atoms with van der Waals surface area (Å²) in [5.74, 6) is 2.80. The van der Waals surface area contributed by atoms with Crippen LogP contribution in [0, 0.1) is 13.8 Å². The van der Waals surface area contributed by atoms with Gasteiger partial charge in [0.15, 0.2) is 0 Å². The van der Waals surface area contributed by atoms with Gasteiger partial charge in [-0.2, -0.15) is 0 Å². The third-order valence-corrected chi connectivity index (χ3v) is 5.36. The summed E-state index contributed by atoms with van der Waals surface area (Å²) in [7, 11) is 0. The van der Waals surface area contributed by atoms with Crippen LogP contribution in [0.5, 0.6) is 5.75 Å². The van der Waals surface area contributed by atoms with Crippen LogP contribution in [0.25, 0.3) is 0 Å². The lowest BCUT2D eigenvalue weighted by atomic mass is 10.2. The van der Waals surface area contributed by atoms with Crippen molar-refractivity contribution in [2.45, 2.75) is 51.4 Å². The Bertz CT molecular complexity index is 686. The highest BCUT2D eigenvalue weighted by atomic mass is 32.2. The molecule has 0 spiro atoms. The normalized spacial score (nSPS) is 14.6. The minimum Gasteiger partial charge on any atom is -0.490 e. The van der Waals surface area contributed by atoms with Crippen molar-refractivity contribution in [2.75, 3.05) is 11.1 Å². The molecule has 134 valence electrons. The van der Waals surface area contributed by atoms with Gasteiger partial charge in [0.05, 0.1) is 17.6 Å². The fourth-order valence-electron chi connectivity index (χ4n) is 2.97. The summed E-state index contributed by atoms with van der Waals surface area (Å²) in [5.41, 5.74) is 2.76. The third kappa shape index (κ3) is 5.01. The summed E-state index contributed by atoms with van der Waals surface area (Å²) in [4.78, 5) is 12.1. The molecular formula is C19H24N2O3S. The van der Waals surface area contributed by atoms with E-state index in [1.54, 1.807) is 11.8 Å². The van der Waals surface area contributed by atoms with E-state index < -0.39 is 0 Å². The number of benzene rings is 1. The summed E-state index contributed by atoms with van der Waals surface area (Å²) in [5, 5.41) is 6.84. The second-order valence-electron chi connectivity index (χ2n) is 6.39. The van der Waals surface area contributed by atoms with E-state index in [9.17, 15) is 4.79 Å². The van der Waals surface area contributed by atoms with Crippen LogP contribution in [0.1, 0.15) is 42.7 Å². The van der Waals surface area contributed by atoms with Gasteiger partial charge in [-0.25, -0.2) is 0 Å². The van der Waals surface area contributed by atoms with Crippen LogP contribution in [-0.2, 0) is 10.5 Å². The smallest absolute Gasteiger partial charge is 0.234 e. The van der Waals surface area contributed by atoms with Crippen molar-refractivity contribution in [3.63, 3.8) is 0 Å². The zero-order valence-electron chi connectivity index (χ0n) is 14.7. The average molecular weight is 360 g/mol. The Hall–Kier alpha value is -1.95. The number of amides is 1. The maximum atomic E-state index is 12.1. The topological polar surface area (TPSA) is 64.4 Å². The van der Waals surface area contributed by atoms with Crippen LogP contribution in [0.4, 0.5) is 5.69 Å². The van der Waals surface area contributed by atoms with Gasteiger partial charge in [-0.15, -0.1) is 11.8 Å². The van der Waals surface area contributed by atoms with Crippen molar-refractivity contribution < 1.29 is 14.1 Å². The molecule has 0 atom stereocenters. The Balaban J connectivity index is 1.43. The molecule has 3 rings (SSSR count). The van der Waals surface area contributed by atoms with Gasteiger partial charge in [0.25, 0.3) is 0 Å². The maximum absolute atomic E-state index is 12.1. The molecule has 1 saturated carbocycles. The lowest BCUT2D eigenvalue weighted by Gasteiger charge is -2.13. The Labute approximate surface area is 152 Å². The molecule has 1 aliphatic carbocycles. The molecule has 1 aromatic carbocycles. The van der Waals surface area contributed by atoms with Gasteiger partial charge in [-0.05, 0) is 63.8 Å². The van der Waals surface area contributed by atoms with Gasteiger partial charge >= 0.3 is 0 Å². The first-order chi connectivity index (χ1) is 12.1. The van der Waals surface area contributed by atoms with E-state index in [4.69, 9.17) is 9.26 Å². The van der Waals surface area contributed by atoms with Gasteiger partial charge in [0.2, 0.25) is 5.91 Å². The lowest BCUT2D eigenvalue weighted by molar-refractivity contribution is -0.113. The molecule has 1 fully saturated rings. The van der Waals surface area contributed by atoms with Crippen molar-refractivity contribution in [3.05, 3.63) is 41.3 Å². The number of nitrogens with one attached hydrogen (secondary N) is 1. The first-order valence-electron chi connectivity index (χ1n) is 8.68. The standard InChI is InChI=1S/C19H24N2O3S/c1-13-18(14(2)24-21-13)11-25-12-19(22)20-15-7-9-17(10-8-15)23-16-5-3-4-6-16/h7-10,16H,3-6,11-12H2,1-2H3,(H,20,22). The number of ether oxygens (including phenoxy) is 1. The molecule has 0 saturated heterocycles. The Kier molecular flexibility index (Phi) is 6.02. The zero-order chi connectivity index (χ0) is 17.6. The van der Waals surface area contributed by atoms with E-state index in [-0.39, 0.29) is 5.91 Å². The quantitative estimate of drug-likeness (QED) is 0.788. The zero-order valence-corrected chi connectivity index (χ0v) is 15.5. The number of anilines is 1. The number of hydrogen-bond acceptors (Lipinski definition) is 5. The van der Waals surface area contributed by atoms with Gasteiger partial charge < -0.3 is 14.6 Å². The molecule has 25 heavy (non-hydrogen) atoms. The number of hydrogen-bond donors (Lipinski definition) is 1. The highest BCUT2D eigenvalue weighted by molar-refractivity contribution is 7.99. The Morgan fingerprint density at radius 2 is 2.00 bits per heavy atom. The van der Waals surface area contributed by atoms with E-state index in [2.05, 4.69) is 10.5 Å². The predicted octanol–water partition coefficient (Wildman–Crippen LogP) is 4.48. The van der Waals surface area contributed by atoms with Crippen molar-refractivity contribution in [2.24, 2.45) is 0 Å². The Morgan fingerprint density at radius 1 is 1.28 bits per heavy atom. The van der Waals surface area contributed by atoms with Gasteiger partial charge in [-0.1, -0.05) is 5.16 Å². The van der Waals surface area contributed by atoms with Crippen LogP contribution in [-0.4, -0.2) is 22.9 Å². The number of carbonyl (C=O) groups is 1. The molecule has 0 aliphatic heterocycles. The minimum atomic E-state index is -0.0128. The molecule has 0 bridgehead atoms. The van der Waals surface area contributed by atoms with E-state index in [0.717, 1.165) is 47.0 Å². The van der Waals surface area contributed by atoms with Crippen LogP contribution in [0.15, 0.2) is 28.8 Å². The minimum absolute atomic E-state index is 0.0128. The molecule has 2 aromatic rings. The second kappa shape index (κ2) is 8.43. The summed E-state index contributed by atoms with van der Waals surface area (Å²) in [6.45, 7) is 3.81. The number of rotatable bonds is 7. The molecule has 1 N–H and O–H groups in total. The number of aromatic nitrogens is 1. The highest BCUT2D eigenvalue weighted by Crippen LogP contribution is 2.25. The lowest BCUT2D eigenvalue weighted by Crippen LogP contribution is -2.14. The molecule has 1 aromatic heterocycles. The second-order valence-corrected chi connectivity index (χ2v) is 7.38. The summed E-state index contributed by atoms with van der Waals surface area (Å²) in [6, 6.07) is 7.62. The van der Waals surface area contributed by atoms with Crippen molar-refractivity contribution in [1.82, 2.24) is 5.16 Å². The van der Waals surface area contributed by atoms with E-state index >= 15 is 0 Å². The number of aryl methyl sites for hydroxylation is 2. The van der Waals surface area contributed by atoms with Crippen LogP contribution >= 0.6 is 11.8 Å². The van der Waals surface area contributed by atoms with Crippen molar-refractivity contribution in [3.8, 4) is 5.75 Å². The number of thioether (sulfide) groups is 1. The molecule has 0 radical (unpaired) electrons. The first kappa shape index (κ1) is 17.9. The van der Waals surface area contributed by atoms with Gasteiger partial charge in [0, 0.05) is 17.0 Å². The highest BCUT2D eigenvalue weighted by Gasteiger charge is 2.16. The van der Waals surface area contributed by atoms with Crippen LogP contribution in [0.3, 0.4) is 0 Å². The number of nitrogens with zero attached hydrogens (tertiary/aromatic N) is 1. The molecule has 1 heterocycles. The van der Waals surface area contributed by atoms with Gasteiger partial charge in [0.1, 0.15) is 11.5 Å². The molecule has 1 amide bonds. The maximum Gasteiger partial charge on any atom is 0.234 e. The third-order valence-electron chi connectivity index (χ3n) is 4.40. The molecular weight excluding hydrogens is 336 g/mol. The largest absolute Gasteiger partial charge is 0.490 e. The summed E-state index contributed by atoms with van der Waals surface area (Å²) < 4.78 is 11.1. The summed E-state index contributed by atoms with van der Waals surface area (Å²) >= 11 is 1.55. The monoisotopic (exact) mass is 360 g/mol. The first-order valence-corrected chi connectivity index (χ1v) is 9.83. The molecule has 1 aliphatic rings. The summed E-state index contributed by atoms with van der Waals surface area (Å²) in [6.07, 6.45) is 5.14.